The summed E-state index contributed by atoms with van der Waals surface area (Å²) in [5.74, 6) is -1.34. The van der Waals surface area contributed by atoms with Crippen molar-refractivity contribution in [2.45, 2.75) is 13.0 Å². The lowest BCUT2D eigenvalue weighted by Gasteiger charge is -2.09. The summed E-state index contributed by atoms with van der Waals surface area (Å²) in [7, 11) is 0. The van der Waals surface area contributed by atoms with Crippen molar-refractivity contribution in [1.29, 1.82) is 0 Å². The maximum atomic E-state index is 11.9. The number of carboxylic acid groups (broad SMARTS) is 1. The van der Waals surface area contributed by atoms with E-state index in [9.17, 15) is 9.59 Å². The molecule has 0 fully saturated rings. The quantitative estimate of drug-likeness (QED) is 0.877. The Labute approximate surface area is 125 Å². The largest absolute Gasteiger partial charge is 0.481 e. The molecule has 0 spiro atoms. The summed E-state index contributed by atoms with van der Waals surface area (Å²) in [4.78, 5) is 30.4. The number of carbonyl (C=O) groups is 2. The van der Waals surface area contributed by atoms with Crippen LogP contribution < -0.4 is 5.32 Å². The molecular formula is C14H12ClN3O3. The first-order valence-corrected chi connectivity index (χ1v) is 6.48. The Balaban J connectivity index is 2.06. The SMILES string of the molecule is O=C(O)Cc1ccccc1CNC(=O)c1cncc(Cl)n1. The Hall–Kier alpha value is -2.47. The normalized spacial score (nSPS) is 10.1. The lowest BCUT2D eigenvalue weighted by Crippen LogP contribution is -2.24. The first-order chi connectivity index (χ1) is 10.1. The number of carbonyl (C=O) groups excluding carboxylic acids is 1. The van der Waals surface area contributed by atoms with Crippen molar-refractivity contribution in [3.05, 3.63) is 58.6 Å². The van der Waals surface area contributed by atoms with Crippen molar-refractivity contribution in [1.82, 2.24) is 15.3 Å². The van der Waals surface area contributed by atoms with Crippen molar-refractivity contribution in [3.63, 3.8) is 0 Å². The lowest BCUT2D eigenvalue weighted by molar-refractivity contribution is -0.136. The number of amides is 1. The van der Waals surface area contributed by atoms with Crippen LogP contribution in [0.5, 0.6) is 0 Å². The van der Waals surface area contributed by atoms with Gasteiger partial charge in [0.1, 0.15) is 10.8 Å². The fourth-order valence-corrected chi connectivity index (χ4v) is 1.93. The van der Waals surface area contributed by atoms with E-state index in [0.717, 1.165) is 5.56 Å². The molecule has 0 atom stereocenters. The fraction of sp³-hybridized carbons (Fsp3) is 0.143. The molecule has 7 heteroatoms. The van der Waals surface area contributed by atoms with Gasteiger partial charge in [0.05, 0.1) is 18.8 Å². The van der Waals surface area contributed by atoms with Gasteiger partial charge in [-0.1, -0.05) is 35.9 Å². The highest BCUT2D eigenvalue weighted by Crippen LogP contribution is 2.10. The second-order valence-corrected chi connectivity index (χ2v) is 4.64. The van der Waals surface area contributed by atoms with Crippen LogP contribution in [0.4, 0.5) is 0 Å². The molecule has 2 rings (SSSR count). The number of benzene rings is 1. The Morgan fingerprint density at radius 2 is 1.90 bits per heavy atom. The molecule has 1 heterocycles. The zero-order valence-corrected chi connectivity index (χ0v) is 11.7. The molecule has 6 nitrogen and oxygen atoms in total. The van der Waals surface area contributed by atoms with E-state index >= 15 is 0 Å². The number of halogens is 1. The summed E-state index contributed by atoms with van der Waals surface area (Å²) in [6.45, 7) is 0.205. The summed E-state index contributed by atoms with van der Waals surface area (Å²) in [5.41, 5.74) is 1.50. The molecular weight excluding hydrogens is 294 g/mol. The van der Waals surface area contributed by atoms with Crippen molar-refractivity contribution in [2.75, 3.05) is 0 Å². The predicted molar refractivity (Wildman–Crippen MR) is 76.0 cm³/mol. The van der Waals surface area contributed by atoms with Gasteiger partial charge in [0.2, 0.25) is 0 Å². The monoisotopic (exact) mass is 305 g/mol. The van der Waals surface area contributed by atoms with E-state index in [1.54, 1.807) is 24.3 Å². The summed E-state index contributed by atoms with van der Waals surface area (Å²) < 4.78 is 0. The molecule has 0 aliphatic rings. The third kappa shape index (κ3) is 4.25. The second-order valence-electron chi connectivity index (χ2n) is 4.25. The maximum absolute atomic E-state index is 11.9. The Kier molecular flexibility index (Phi) is 4.84. The maximum Gasteiger partial charge on any atom is 0.307 e. The van der Waals surface area contributed by atoms with Crippen LogP contribution in [0.3, 0.4) is 0 Å². The Bertz CT molecular complexity index is 676. The third-order valence-electron chi connectivity index (χ3n) is 2.74. The topological polar surface area (TPSA) is 92.2 Å². The van der Waals surface area contributed by atoms with Crippen LogP contribution in [-0.4, -0.2) is 27.0 Å². The highest BCUT2D eigenvalue weighted by atomic mass is 35.5. The van der Waals surface area contributed by atoms with E-state index in [4.69, 9.17) is 16.7 Å². The molecule has 0 bridgehead atoms. The van der Waals surface area contributed by atoms with E-state index < -0.39 is 11.9 Å². The first-order valence-electron chi connectivity index (χ1n) is 6.10. The van der Waals surface area contributed by atoms with Gasteiger partial charge in [0.25, 0.3) is 5.91 Å². The van der Waals surface area contributed by atoms with Crippen molar-refractivity contribution >= 4 is 23.5 Å². The predicted octanol–water partition coefficient (Wildman–Crippen LogP) is 1.69. The molecule has 0 aliphatic heterocycles. The van der Waals surface area contributed by atoms with E-state index in [-0.39, 0.29) is 23.8 Å². The number of nitrogens with zero attached hydrogens (tertiary/aromatic N) is 2. The smallest absolute Gasteiger partial charge is 0.307 e. The van der Waals surface area contributed by atoms with E-state index in [2.05, 4.69) is 15.3 Å². The summed E-state index contributed by atoms with van der Waals surface area (Å²) in [6.07, 6.45) is 2.55. The van der Waals surface area contributed by atoms with Gasteiger partial charge in [0, 0.05) is 6.54 Å². The average molecular weight is 306 g/mol. The van der Waals surface area contributed by atoms with Gasteiger partial charge in [-0.3, -0.25) is 14.6 Å². The molecule has 1 aromatic heterocycles. The van der Waals surface area contributed by atoms with Crippen molar-refractivity contribution in [2.24, 2.45) is 0 Å². The number of aliphatic carboxylic acids is 1. The third-order valence-corrected chi connectivity index (χ3v) is 2.92. The van der Waals surface area contributed by atoms with Crippen molar-refractivity contribution in [3.8, 4) is 0 Å². The Morgan fingerprint density at radius 1 is 1.19 bits per heavy atom. The molecule has 0 unspecified atom stereocenters. The molecule has 21 heavy (non-hydrogen) atoms. The van der Waals surface area contributed by atoms with Crippen molar-refractivity contribution < 1.29 is 14.7 Å². The highest BCUT2D eigenvalue weighted by Gasteiger charge is 2.10. The fourth-order valence-electron chi connectivity index (χ4n) is 1.78. The number of hydrogen-bond donors (Lipinski definition) is 2. The summed E-state index contributed by atoms with van der Waals surface area (Å²) in [6, 6.07) is 7.02. The minimum atomic E-state index is -0.922. The highest BCUT2D eigenvalue weighted by molar-refractivity contribution is 6.29. The van der Waals surface area contributed by atoms with Gasteiger partial charge < -0.3 is 10.4 Å². The summed E-state index contributed by atoms with van der Waals surface area (Å²) >= 11 is 5.67. The van der Waals surface area contributed by atoms with Crippen LogP contribution in [0.1, 0.15) is 21.6 Å². The van der Waals surface area contributed by atoms with Crippen LogP contribution in [-0.2, 0) is 17.8 Å². The van der Waals surface area contributed by atoms with Gasteiger partial charge in [-0.25, -0.2) is 4.98 Å². The molecule has 108 valence electrons. The van der Waals surface area contributed by atoms with Crippen LogP contribution in [0.2, 0.25) is 5.15 Å². The number of rotatable bonds is 5. The number of nitrogens with one attached hydrogen (secondary N) is 1. The van der Waals surface area contributed by atoms with Crippen LogP contribution >= 0.6 is 11.6 Å². The minimum absolute atomic E-state index is 0.0942. The average Bonchev–Trinajstić information content (AvgIpc) is 2.45. The zero-order valence-electron chi connectivity index (χ0n) is 10.9. The summed E-state index contributed by atoms with van der Waals surface area (Å²) in [5, 5.41) is 11.7. The molecule has 2 aromatic rings. The molecule has 1 aromatic carbocycles. The molecule has 0 saturated carbocycles. The molecule has 0 radical (unpaired) electrons. The number of hydrogen-bond acceptors (Lipinski definition) is 4. The van der Waals surface area contributed by atoms with E-state index in [1.807, 2.05) is 0 Å². The van der Waals surface area contributed by atoms with Gasteiger partial charge in [-0.05, 0) is 11.1 Å². The van der Waals surface area contributed by atoms with Gasteiger partial charge in [0.15, 0.2) is 0 Å². The van der Waals surface area contributed by atoms with Crippen LogP contribution in [0.25, 0.3) is 0 Å². The van der Waals surface area contributed by atoms with Gasteiger partial charge >= 0.3 is 5.97 Å². The Morgan fingerprint density at radius 3 is 2.57 bits per heavy atom. The number of aromatic nitrogens is 2. The van der Waals surface area contributed by atoms with Gasteiger partial charge in [-0.2, -0.15) is 0 Å². The van der Waals surface area contributed by atoms with Crippen LogP contribution in [0.15, 0.2) is 36.7 Å². The standard InChI is InChI=1S/C14H12ClN3O3/c15-12-8-16-7-11(18-12)14(21)17-6-10-4-2-1-3-9(10)5-13(19)20/h1-4,7-8H,5-6H2,(H,17,21)(H,19,20). The second kappa shape index (κ2) is 6.81. The zero-order chi connectivity index (χ0) is 15.2. The first kappa shape index (κ1) is 14.9. The van der Waals surface area contributed by atoms with Gasteiger partial charge in [-0.15, -0.1) is 0 Å². The lowest BCUT2D eigenvalue weighted by atomic mass is 10.0. The molecule has 0 saturated heterocycles. The number of carboxylic acids is 1. The molecule has 2 N–H and O–H groups in total. The van der Waals surface area contributed by atoms with E-state index in [1.165, 1.54) is 12.4 Å². The molecule has 1 amide bonds. The molecule has 0 aliphatic carbocycles. The van der Waals surface area contributed by atoms with Crippen LogP contribution in [0, 0.1) is 0 Å². The van der Waals surface area contributed by atoms with E-state index in [0.29, 0.717) is 5.56 Å². The minimum Gasteiger partial charge on any atom is -0.481 e.